The number of carbonyl (C=O) groups excluding carboxylic acids is 1. The Labute approximate surface area is 115 Å². The highest BCUT2D eigenvalue weighted by Crippen LogP contribution is 2.32. The van der Waals surface area contributed by atoms with Gasteiger partial charge in [0.15, 0.2) is 11.5 Å². The zero-order chi connectivity index (χ0) is 14.1. The van der Waals surface area contributed by atoms with Gasteiger partial charge in [-0.15, -0.1) is 0 Å². The molecule has 2 heterocycles. The molecule has 0 saturated carbocycles. The van der Waals surface area contributed by atoms with Crippen molar-refractivity contribution in [1.82, 2.24) is 4.90 Å². The quantitative estimate of drug-likeness (QED) is 0.893. The third-order valence-electron chi connectivity index (χ3n) is 3.57. The van der Waals surface area contributed by atoms with Crippen molar-refractivity contribution in [3.8, 4) is 11.5 Å². The van der Waals surface area contributed by atoms with Crippen LogP contribution in [-0.4, -0.2) is 41.1 Å². The summed E-state index contributed by atoms with van der Waals surface area (Å²) in [5.74, 6) is 0.260. The lowest BCUT2D eigenvalue weighted by atomic mass is 10.1. The number of aliphatic carboxylic acids is 1. The maximum atomic E-state index is 11.8. The van der Waals surface area contributed by atoms with Crippen molar-refractivity contribution in [1.29, 1.82) is 0 Å². The Hall–Kier alpha value is -2.24. The van der Waals surface area contributed by atoms with Crippen molar-refractivity contribution in [3.05, 3.63) is 23.8 Å². The largest absolute Gasteiger partial charge is 0.486 e. The highest BCUT2D eigenvalue weighted by Gasteiger charge is 2.35. The van der Waals surface area contributed by atoms with Gasteiger partial charge in [0.25, 0.3) is 0 Å². The van der Waals surface area contributed by atoms with E-state index in [0.29, 0.717) is 37.6 Å². The molecule has 0 bridgehead atoms. The van der Waals surface area contributed by atoms with Gasteiger partial charge in [-0.1, -0.05) is 6.07 Å². The van der Waals surface area contributed by atoms with E-state index in [1.807, 2.05) is 6.07 Å². The lowest BCUT2D eigenvalue weighted by molar-refractivity contribution is -0.146. The van der Waals surface area contributed by atoms with Gasteiger partial charge < -0.3 is 19.5 Å². The molecule has 1 aromatic rings. The van der Waals surface area contributed by atoms with E-state index in [1.54, 1.807) is 12.1 Å². The predicted molar refractivity (Wildman–Crippen MR) is 68.6 cm³/mol. The average Bonchev–Trinajstić information content (AvgIpc) is 2.80. The molecule has 1 aromatic carbocycles. The summed E-state index contributed by atoms with van der Waals surface area (Å²) in [6.07, 6.45) is 0.667. The van der Waals surface area contributed by atoms with Gasteiger partial charge in [-0.25, -0.2) is 4.79 Å². The minimum absolute atomic E-state index is 0.118. The van der Waals surface area contributed by atoms with Crippen LogP contribution >= 0.6 is 0 Å². The Morgan fingerprint density at radius 1 is 1.30 bits per heavy atom. The maximum Gasteiger partial charge on any atom is 0.326 e. The van der Waals surface area contributed by atoms with Crippen molar-refractivity contribution in [3.63, 3.8) is 0 Å². The van der Waals surface area contributed by atoms with Gasteiger partial charge >= 0.3 is 5.97 Å². The van der Waals surface area contributed by atoms with E-state index in [0.717, 1.165) is 5.56 Å². The van der Waals surface area contributed by atoms with Crippen LogP contribution in [0.2, 0.25) is 0 Å². The van der Waals surface area contributed by atoms with E-state index in [4.69, 9.17) is 14.6 Å². The number of nitrogens with zero attached hydrogens (tertiary/aromatic N) is 1. The van der Waals surface area contributed by atoms with Crippen LogP contribution < -0.4 is 9.47 Å². The molecule has 1 saturated heterocycles. The molecule has 3 rings (SSSR count). The number of likely N-dealkylation sites (tertiary alicyclic amines) is 1. The van der Waals surface area contributed by atoms with Gasteiger partial charge in [0.1, 0.15) is 19.3 Å². The van der Waals surface area contributed by atoms with E-state index in [9.17, 15) is 9.59 Å². The van der Waals surface area contributed by atoms with Crippen LogP contribution in [0, 0.1) is 0 Å². The second-order valence-electron chi connectivity index (χ2n) is 4.89. The maximum absolute atomic E-state index is 11.8. The van der Waals surface area contributed by atoms with E-state index >= 15 is 0 Å². The summed E-state index contributed by atoms with van der Waals surface area (Å²) in [6.45, 7) is 1.31. The first-order valence-corrected chi connectivity index (χ1v) is 6.56. The molecule has 2 aliphatic rings. The first-order chi connectivity index (χ1) is 9.65. The molecule has 1 unspecified atom stereocenters. The third-order valence-corrected chi connectivity index (χ3v) is 3.57. The molecule has 1 fully saturated rings. The predicted octanol–water partition coefficient (Wildman–Crippen LogP) is 1.03. The first-order valence-electron chi connectivity index (χ1n) is 6.56. The van der Waals surface area contributed by atoms with Crippen molar-refractivity contribution in [2.45, 2.75) is 25.4 Å². The molecule has 106 valence electrons. The zero-order valence-electron chi connectivity index (χ0n) is 10.9. The topological polar surface area (TPSA) is 76.1 Å². The molecule has 2 aliphatic heterocycles. The molecule has 1 N–H and O–H groups in total. The summed E-state index contributed by atoms with van der Waals surface area (Å²) >= 11 is 0. The lowest BCUT2D eigenvalue weighted by Crippen LogP contribution is -2.37. The van der Waals surface area contributed by atoms with Crippen LogP contribution in [0.3, 0.4) is 0 Å². The fourth-order valence-electron chi connectivity index (χ4n) is 2.57. The summed E-state index contributed by atoms with van der Waals surface area (Å²) in [5.41, 5.74) is 0.843. The van der Waals surface area contributed by atoms with Crippen LogP contribution in [0.4, 0.5) is 0 Å². The molecule has 6 heteroatoms. The summed E-state index contributed by atoms with van der Waals surface area (Å²) in [5, 5.41) is 9.13. The summed E-state index contributed by atoms with van der Waals surface area (Å²) in [6, 6.07) is 4.70. The first kappa shape index (κ1) is 12.8. The fourth-order valence-corrected chi connectivity index (χ4v) is 2.57. The Bertz CT molecular complexity index is 556. The van der Waals surface area contributed by atoms with Crippen LogP contribution in [0.25, 0.3) is 0 Å². The highest BCUT2D eigenvalue weighted by atomic mass is 16.6. The Morgan fingerprint density at radius 2 is 2.05 bits per heavy atom. The van der Waals surface area contributed by atoms with Crippen molar-refractivity contribution in [2.75, 3.05) is 13.2 Å². The van der Waals surface area contributed by atoms with Crippen LogP contribution in [0.15, 0.2) is 18.2 Å². The molecule has 0 radical (unpaired) electrons. The normalized spacial score (nSPS) is 21.1. The molecule has 0 spiro atoms. The van der Waals surface area contributed by atoms with Crippen LogP contribution in [-0.2, 0) is 16.1 Å². The monoisotopic (exact) mass is 277 g/mol. The third kappa shape index (κ3) is 2.29. The van der Waals surface area contributed by atoms with Gasteiger partial charge in [0.2, 0.25) is 5.91 Å². The van der Waals surface area contributed by atoms with Gasteiger partial charge in [0, 0.05) is 13.0 Å². The van der Waals surface area contributed by atoms with Crippen LogP contribution in [0.5, 0.6) is 11.5 Å². The lowest BCUT2D eigenvalue weighted by Gasteiger charge is -2.23. The minimum atomic E-state index is -0.951. The molecular weight excluding hydrogens is 262 g/mol. The number of carboxylic acids is 1. The average molecular weight is 277 g/mol. The van der Waals surface area contributed by atoms with Crippen molar-refractivity contribution in [2.24, 2.45) is 0 Å². The Morgan fingerprint density at radius 3 is 2.80 bits per heavy atom. The Kier molecular flexibility index (Phi) is 3.22. The number of hydrogen-bond donors (Lipinski definition) is 1. The smallest absolute Gasteiger partial charge is 0.326 e. The number of carbonyl (C=O) groups is 2. The SMILES string of the molecule is O=C(O)C1CCC(=O)N1Cc1ccc2c(c1)OCCO2. The fraction of sp³-hybridized carbons (Fsp3) is 0.429. The molecular formula is C14H15NO5. The van der Waals surface area contributed by atoms with Gasteiger partial charge in [-0.05, 0) is 24.1 Å². The standard InChI is InChI=1S/C14H15NO5/c16-13-4-2-10(14(17)18)15(13)8-9-1-3-11-12(7-9)20-6-5-19-11/h1,3,7,10H,2,4-6,8H2,(H,17,18). The van der Waals surface area contributed by atoms with Crippen molar-refractivity contribution >= 4 is 11.9 Å². The molecule has 6 nitrogen and oxygen atoms in total. The van der Waals surface area contributed by atoms with Gasteiger partial charge in [-0.3, -0.25) is 4.79 Å². The molecule has 1 amide bonds. The summed E-state index contributed by atoms with van der Waals surface area (Å²) in [7, 11) is 0. The minimum Gasteiger partial charge on any atom is -0.486 e. The molecule has 1 atom stereocenters. The highest BCUT2D eigenvalue weighted by molar-refractivity contribution is 5.87. The molecule has 0 aliphatic carbocycles. The molecule has 20 heavy (non-hydrogen) atoms. The summed E-state index contributed by atoms with van der Waals surface area (Å²) in [4.78, 5) is 24.3. The number of carboxylic acid groups (broad SMARTS) is 1. The van der Waals surface area contributed by atoms with Crippen molar-refractivity contribution < 1.29 is 24.2 Å². The molecule has 0 aromatic heterocycles. The zero-order valence-corrected chi connectivity index (χ0v) is 10.9. The number of hydrogen-bond acceptors (Lipinski definition) is 4. The van der Waals surface area contributed by atoms with Gasteiger partial charge in [0.05, 0.1) is 0 Å². The van der Waals surface area contributed by atoms with Gasteiger partial charge in [-0.2, -0.15) is 0 Å². The Balaban J connectivity index is 1.80. The number of amides is 1. The van der Waals surface area contributed by atoms with E-state index in [-0.39, 0.29) is 12.5 Å². The van der Waals surface area contributed by atoms with Crippen LogP contribution in [0.1, 0.15) is 18.4 Å². The second kappa shape index (κ2) is 5.03. The van der Waals surface area contributed by atoms with E-state index in [1.165, 1.54) is 4.90 Å². The number of rotatable bonds is 3. The second-order valence-corrected chi connectivity index (χ2v) is 4.89. The summed E-state index contributed by atoms with van der Waals surface area (Å²) < 4.78 is 10.9. The van der Waals surface area contributed by atoms with E-state index in [2.05, 4.69) is 0 Å². The number of fused-ring (bicyclic) bond motifs is 1. The number of ether oxygens (including phenoxy) is 2. The van der Waals surface area contributed by atoms with E-state index < -0.39 is 12.0 Å². The number of benzene rings is 1.